The molecule has 0 spiro atoms. The number of ether oxygens (including phenoxy) is 1. The fraction of sp³-hybridized carbons (Fsp3) is 0.538. The van der Waals surface area contributed by atoms with Gasteiger partial charge in [-0.2, -0.15) is 13.6 Å². The Morgan fingerprint density at radius 2 is 1.85 bits per heavy atom. The molecule has 1 aromatic rings. The summed E-state index contributed by atoms with van der Waals surface area (Å²) < 4.78 is 52.1. The van der Waals surface area contributed by atoms with E-state index in [9.17, 15) is 38.5 Å². The second-order valence-electron chi connectivity index (χ2n) is 6.74. The lowest BCUT2D eigenvalue weighted by molar-refractivity contribution is -0.0876. The van der Waals surface area contributed by atoms with Crippen LogP contribution >= 0.6 is 23.5 Å². The number of terminal acetylenes is 1. The fourth-order valence-electron chi connectivity index (χ4n) is 2.99. The SMILES string of the molecule is C#C[C@@]1(O)C(O)[C@@H]([C@H](C)OP(=O)(O)OP(=O)(O)OP(=O)(O)O)O[C@H]1n1c(C)cc(N)nc1=O. The van der Waals surface area contributed by atoms with Gasteiger partial charge in [0.25, 0.3) is 0 Å². The van der Waals surface area contributed by atoms with Gasteiger partial charge in [-0.05, 0) is 19.9 Å². The second-order valence-corrected chi connectivity index (χ2v) is 11.1. The van der Waals surface area contributed by atoms with E-state index in [2.05, 4.69) is 18.1 Å². The van der Waals surface area contributed by atoms with Crippen molar-refractivity contribution in [3.63, 3.8) is 0 Å². The molecule has 33 heavy (non-hydrogen) atoms. The molecule has 0 bridgehead atoms. The van der Waals surface area contributed by atoms with E-state index in [1.165, 1.54) is 13.0 Å². The molecule has 1 aliphatic rings. The number of nitrogens with two attached hydrogens (primary N) is 1. The highest BCUT2D eigenvalue weighted by Crippen LogP contribution is 2.66. The summed E-state index contributed by atoms with van der Waals surface area (Å²) in [6.45, 7) is 2.37. The zero-order valence-electron chi connectivity index (χ0n) is 16.7. The van der Waals surface area contributed by atoms with Crippen molar-refractivity contribution in [2.45, 2.75) is 44.0 Å². The number of phosphoric acid groups is 3. The molecule has 0 aliphatic carbocycles. The summed E-state index contributed by atoms with van der Waals surface area (Å²) in [6, 6.07) is 1.23. The minimum atomic E-state index is -5.80. The van der Waals surface area contributed by atoms with E-state index in [0.717, 1.165) is 11.5 Å². The molecule has 0 amide bonds. The minimum Gasteiger partial charge on any atom is -0.386 e. The molecular formula is C13H20N3O14P3. The van der Waals surface area contributed by atoms with Gasteiger partial charge in [0.2, 0.25) is 0 Å². The van der Waals surface area contributed by atoms with Crippen LogP contribution in [0, 0.1) is 19.3 Å². The Bertz CT molecular complexity index is 1160. The predicted molar refractivity (Wildman–Crippen MR) is 106 cm³/mol. The summed E-state index contributed by atoms with van der Waals surface area (Å²) in [5.41, 5.74) is 1.98. The van der Waals surface area contributed by atoms with E-state index < -0.39 is 59.3 Å². The molecular weight excluding hydrogens is 515 g/mol. The molecule has 20 heteroatoms. The Hall–Kier alpha value is -1.47. The third-order valence-electron chi connectivity index (χ3n) is 4.24. The minimum absolute atomic E-state index is 0.111. The van der Waals surface area contributed by atoms with Crippen molar-refractivity contribution < 1.29 is 61.4 Å². The zero-order valence-corrected chi connectivity index (χ0v) is 19.4. The molecule has 1 aromatic heterocycles. The topological polar surface area (TPSA) is 270 Å². The maximum atomic E-state index is 12.3. The molecule has 7 atom stereocenters. The van der Waals surface area contributed by atoms with Gasteiger partial charge in [-0.25, -0.2) is 18.5 Å². The van der Waals surface area contributed by atoms with Crippen LogP contribution in [0.2, 0.25) is 0 Å². The summed E-state index contributed by atoms with van der Waals surface area (Å²) in [4.78, 5) is 51.8. The van der Waals surface area contributed by atoms with Crippen LogP contribution in [0.3, 0.4) is 0 Å². The Morgan fingerprint density at radius 1 is 1.27 bits per heavy atom. The smallest absolute Gasteiger partial charge is 0.386 e. The van der Waals surface area contributed by atoms with Gasteiger partial charge in [-0.1, -0.05) is 5.92 Å². The van der Waals surface area contributed by atoms with Gasteiger partial charge in [0.15, 0.2) is 11.8 Å². The van der Waals surface area contributed by atoms with Gasteiger partial charge in [-0.15, -0.1) is 6.42 Å². The number of anilines is 1. The van der Waals surface area contributed by atoms with Crippen LogP contribution in [-0.4, -0.2) is 63.3 Å². The molecule has 186 valence electrons. The third-order valence-corrected chi connectivity index (χ3v) is 8.16. The molecule has 2 heterocycles. The van der Waals surface area contributed by atoms with Crippen LogP contribution in [0.4, 0.5) is 5.82 Å². The van der Waals surface area contributed by atoms with Crippen LogP contribution in [0.15, 0.2) is 10.9 Å². The number of hydrogen-bond donors (Lipinski definition) is 7. The predicted octanol–water partition coefficient (Wildman–Crippen LogP) is -1.51. The van der Waals surface area contributed by atoms with Crippen LogP contribution < -0.4 is 11.4 Å². The number of aliphatic hydroxyl groups excluding tert-OH is 1. The van der Waals surface area contributed by atoms with Crippen molar-refractivity contribution in [3.05, 3.63) is 22.2 Å². The Balaban J connectivity index is 2.32. The van der Waals surface area contributed by atoms with Crippen molar-refractivity contribution >= 4 is 29.3 Å². The average Bonchev–Trinajstić information content (AvgIpc) is 2.83. The largest absolute Gasteiger partial charge is 0.490 e. The quantitative estimate of drug-likeness (QED) is 0.147. The van der Waals surface area contributed by atoms with Gasteiger partial charge in [-0.3, -0.25) is 9.09 Å². The van der Waals surface area contributed by atoms with Crippen molar-refractivity contribution in [2.24, 2.45) is 0 Å². The number of aliphatic hydroxyl groups is 2. The molecule has 1 aliphatic heterocycles. The number of phosphoric ester groups is 1. The summed E-state index contributed by atoms with van der Waals surface area (Å²) in [5, 5.41) is 21.3. The summed E-state index contributed by atoms with van der Waals surface area (Å²) in [7, 11) is -17.0. The maximum Gasteiger partial charge on any atom is 0.490 e. The van der Waals surface area contributed by atoms with E-state index in [-0.39, 0.29) is 11.5 Å². The molecule has 0 radical (unpaired) electrons. The molecule has 0 aromatic carbocycles. The Labute approximate surface area is 185 Å². The molecule has 1 fully saturated rings. The summed E-state index contributed by atoms with van der Waals surface area (Å²) in [5.74, 6) is 1.71. The van der Waals surface area contributed by atoms with Crippen LogP contribution in [0.25, 0.3) is 0 Å². The highest BCUT2D eigenvalue weighted by Gasteiger charge is 2.58. The summed E-state index contributed by atoms with van der Waals surface area (Å²) in [6.07, 6.45) is -2.01. The monoisotopic (exact) mass is 535 g/mol. The Morgan fingerprint density at radius 3 is 2.33 bits per heavy atom. The number of hydrogen-bond acceptors (Lipinski definition) is 12. The maximum absolute atomic E-state index is 12.3. The average molecular weight is 535 g/mol. The van der Waals surface area contributed by atoms with Gasteiger partial charge >= 0.3 is 29.2 Å². The second kappa shape index (κ2) is 9.29. The van der Waals surface area contributed by atoms with E-state index >= 15 is 0 Å². The van der Waals surface area contributed by atoms with Crippen LogP contribution in [-0.2, 0) is 31.6 Å². The normalized spacial score (nSPS) is 30.2. The standard InChI is InChI=1S/C13H20N3O14P3/c1-4-13(19)10(17)9(27-11(13)16-6(2)5-8(14)15-12(16)18)7(3)28-32(23,24)30-33(25,26)29-31(20,21)22/h1,5,7,9-11,17,19H,2-3H3,(H,23,24)(H,25,26)(H2,14,15,18)(H2,20,21,22)/t7-,9+,10?,11+,13+/m0/s1. The Kier molecular flexibility index (Phi) is 7.82. The zero-order chi connectivity index (χ0) is 25.6. The summed E-state index contributed by atoms with van der Waals surface area (Å²) >= 11 is 0. The lowest BCUT2D eigenvalue weighted by atomic mass is 9.93. The van der Waals surface area contributed by atoms with Crippen LogP contribution in [0.1, 0.15) is 18.8 Å². The first-order valence-electron chi connectivity index (χ1n) is 8.53. The number of nitrogens with zero attached hydrogens (tertiary/aromatic N) is 2. The molecule has 2 rings (SSSR count). The lowest BCUT2D eigenvalue weighted by Crippen LogP contribution is -2.49. The van der Waals surface area contributed by atoms with Crippen molar-refractivity contribution in [2.75, 3.05) is 5.73 Å². The number of aromatic nitrogens is 2. The van der Waals surface area contributed by atoms with Crippen molar-refractivity contribution in [3.8, 4) is 12.3 Å². The molecule has 3 unspecified atom stereocenters. The lowest BCUT2D eigenvalue weighted by Gasteiger charge is -2.27. The van der Waals surface area contributed by atoms with E-state index in [1.807, 2.05) is 5.92 Å². The first-order chi connectivity index (χ1) is 14.8. The third kappa shape index (κ3) is 6.36. The van der Waals surface area contributed by atoms with E-state index in [1.54, 1.807) is 0 Å². The first kappa shape index (κ1) is 27.8. The number of aryl methyl sites for hydroxylation is 1. The van der Waals surface area contributed by atoms with Crippen molar-refractivity contribution in [1.29, 1.82) is 0 Å². The molecule has 0 saturated carbocycles. The van der Waals surface area contributed by atoms with Crippen molar-refractivity contribution in [1.82, 2.24) is 9.55 Å². The highest BCUT2D eigenvalue weighted by atomic mass is 31.3. The van der Waals surface area contributed by atoms with E-state index in [0.29, 0.717) is 0 Å². The molecule has 17 nitrogen and oxygen atoms in total. The molecule has 1 saturated heterocycles. The van der Waals surface area contributed by atoms with Gasteiger partial charge < -0.3 is 40.3 Å². The fourth-order valence-corrected chi connectivity index (χ4v) is 6.19. The first-order valence-corrected chi connectivity index (χ1v) is 13.1. The number of nitrogen functional groups attached to an aromatic ring is 1. The van der Waals surface area contributed by atoms with Gasteiger partial charge in [0.05, 0.1) is 6.10 Å². The molecule has 8 N–H and O–H groups in total. The van der Waals surface area contributed by atoms with Crippen LogP contribution in [0.5, 0.6) is 0 Å². The highest BCUT2D eigenvalue weighted by molar-refractivity contribution is 7.66. The number of rotatable bonds is 8. The van der Waals surface area contributed by atoms with Gasteiger partial charge in [0, 0.05) is 5.69 Å². The van der Waals surface area contributed by atoms with E-state index in [4.69, 9.17) is 26.7 Å². The van der Waals surface area contributed by atoms with Gasteiger partial charge in [0.1, 0.15) is 18.0 Å².